The molecule has 3 nitrogen and oxygen atoms in total. The van der Waals surface area contributed by atoms with Gasteiger partial charge in [-0.25, -0.2) is 0 Å². The maximum Gasteiger partial charge on any atom is 0.141 e. The van der Waals surface area contributed by atoms with Crippen LogP contribution in [0.25, 0.3) is 0 Å². The third-order valence-corrected chi connectivity index (χ3v) is 3.05. The van der Waals surface area contributed by atoms with Gasteiger partial charge in [-0.2, -0.15) is 0 Å². The van der Waals surface area contributed by atoms with Gasteiger partial charge in [0.15, 0.2) is 0 Å². The summed E-state index contributed by atoms with van der Waals surface area (Å²) < 4.78 is 6.56. The first kappa shape index (κ1) is 12.4. The van der Waals surface area contributed by atoms with Crippen molar-refractivity contribution >= 4 is 27.5 Å². The van der Waals surface area contributed by atoms with Crippen LogP contribution in [-0.4, -0.2) is 4.98 Å². The fourth-order valence-corrected chi connectivity index (χ4v) is 2.11. The van der Waals surface area contributed by atoms with Crippen LogP contribution < -0.4 is 10.5 Å². The monoisotopic (exact) mass is 312 g/mol. The molecule has 0 fully saturated rings. The molecule has 2 N–H and O–H groups in total. The van der Waals surface area contributed by atoms with Gasteiger partial charge in [0.25, 0.3) is 0 Å². The lowest BCUT2D eigenvalue weighted by Crippen LogP contribution is -2.00. The number of hydrogen-bond donors (Lipinski definition) is 1. The Balaban J connectivity index is 2.31. The van der Waals surface area contributed by atoms with Crippen LogP contribution >= 0.6 is 27.5 Å². The van der Waals surface area contributed by atoms with E-state index in [1.54, 1.807) is 36.7 Å². The Kier molecular flexibility index (Phi) is 3.99. The molecule has 0 saturated carbocycles. The SMILES string of the molecule is NCc1cnccc1Oc1ccc(Cl)cc1Br. The minimum absolute atomic E-state index is 0.383. The minimum Gasteiger partial charge on any atom is -0.456 e. The average Bonchev–Trinajstić information content (AvgIpc) is 2.33. The zero-order chi connectivity index (χ0) is 12.3. The summed E-state index contributed by atoms with van der Waals surface area (Å²) in [4.78, 5) is 4.00. The van der Waals surface area contributed by atoms with Gasteiger partial charge in [0.2, 0.25) is 0 Å². The molecule has 0 spiro atoms. The number of nitrogens with two attached hydrogens (primary N) is 1. The largest absolute Gasteiger partial charge is 0.456 e. The molecule has 1 aromatic carbocycles. The van der Waals surface area contributed by atoms with E-state index in [0.717, 1.165) is 10.0 Å². The first-order chi connectivity index (χ1) is 8.20. The van der Waals surface area contributed by atoms with Gasteiger partial charge in [-0.15, -0.1) is 0 Å². The first-order valence-electron chi connectivity index (χ1n) is 4.96. The normalized spacial score (nSPS) is 10.3. The maximum absolute atomic E-state index is 5.86. The molecule has 0 atom stereocenters. The molecule has 0 unspecified atom stereocenters. The predicted octanol–water partition coefficient (Wildman–Crippen LogP) is 3.75. The summed E-state index contributed by atoms with van der Waals surface area (Å²) in [5.41, 5.74) is 6.47. The van der Waals surface area contributed by atoms with Crippen molar-refractivity contribution in [1.82, 2.24) is 4.98 Å². The van der Waals surface area contributed by atoms with E-state index < -0.39 is 0 Å². The molecule has 0 aliphatic carbocycles. The number of hydrogen-bond acceptors (Lipinski definition) is 3. The Morgan fingerprint density at radius 3 is 2.82 bits per heavy atom. The highest BCUT2D eigenvalue weighted by Gasteiger charge is 2.06. The standard InChI is InChI=1S/C12H10BrClN2O/c13-10-5-9(14)1-2-12(10)17-11-3-4-16-7-8(11)6-15/h1-5,7H,6,15H2. The third kappa shape index (κ3) is 2.97. The molecule has 1 aromatic heterocycles. The van der Waals surface area contributed by atoms with E-state index >= 15 is 0 Å². The van der Waals surface area contributed by atoms with Gasteiger partial charge in [-0.05, 0) is 40.2 Å². The Labute approximate surface area is 113 Å². The van der Waals surface area contributed by atoms with Gasteiger partial charge in [-0.1, -0.05) is 11.6 Å². The van der Waals surface area contributed by atoms with E-state index in [2.05, 4.69) is 20.9 Å². The molecule has 0 bridgehead atoms. The van der Waals surface area contributed by atoms with Crippen LogP contribution in [0.4, 0.5) is 0 Å². The molecule has 88 valence electrons. The van der Waals surface area contributed by atoms with Crippen molar-refractivity contribution in [3.63, 3.8) is 0 Å². The fourth-order valence-electron chi connectivity index (χ4n) is 1.34. The molecule has 0 aliphatic heterocycles. The smallest absolute Gasteiger partial charge is 0.141 e. The Hall–Kier alpha value is -1.10. The number of halogens is 2. The number of ether oxygens (including phenoxy) is 1. The predicted molar refractivity (Wildman–Crippen MR) is 71.4 cm³/mol. The van der Waals surface area contributed by atoms with Crippen molar-refractivity contribution in [2.45, 2.75) is 6.54 Å². The molecular weight excluding hydrogens is 304 g/mol. The zero-order valence-electron chi connectivity index (χ0n) is 8.86. The molecule has 5 heteroatoms. The van der Waals surface area contributed by atoms with Crippen molar-refractivity contribution in [2.75, 3.05) is 0 Å². The summed E-state index contributed by atoms with van der Waals surface area (Å²) in [5, 5.41) is 0.651. The number of pyridine rings is 1. The van der Waals surface area contributed by atoms with Crippen LogP contribution in [0.15, 0.2) is 41.1 Å². The second-order valence-electron chi connectivity index (χ2n) is 3.36. The van der Waals surface area contributed by atoms with Gasteiger partial charge in [0.1, 0.15) is 11.5 Å². The van der Waals surface area contributed by atoms with Crippen molar-refractivity contribution < 1.29 is 4.74 Å². The summed E-state index contributed by atoms with van der Waals surface area (Å²) in [6.45, 7) is 0.383. The molecule has 0 amide bonds. The highest BCUT2D eigenvalue weighted by Crippen LogP contribution is 2.32. The van der Waals surface area contributed by atoms with Crippen LogP contribution in [-0.2, 0) is 6.54 Å². The van der Waals surface area contributed by atoms with E-state index in [1.165, 1.54) is 0 Å². The van der Waals surface area contributed by atoms with Gasteiger partial charge in [-0.3, -0.25) is 4.98 Å². The molecule has 0 radical (unpaired) electrons. The van der Waals surface area contributed by atoms with Crippen LogP contribution in [0.5, 0.6) is 11.5 Å². The summed E-state index contributed by atoms with van der Waals surface area (Å²) in [7, 11) is 0. The lowest BCUT2D eigenvalue weighted by molar-refractivity contribution is 0.472. The second kappa shape index (κ2) is 5.49. The van der Waals surface area contributed by atoms with Gasteiger partial charge < -0.3 is 10.5 Å². The van der Waals surface area contributed by atoms with Crippen LogP contribution in [0.1, 0.15) is 5.56 Å². The van der Waals surface area contributed by atoms with Crippen molar-refractivity contribution in [2.24, 2.45) is 5.73 Å². The second-order valence-corrected chi connectivity index (χ2v) is 4.66. The van der Waals surface area contributed by atoms with Gasteiger partial charge >= 0.3 is 0 Å². The Morgan fingerprint density at radius 1 is 1.29 bits per heavy atom. The average molecular weight is 314 g/mol. The molecule has 1 heterocycles. The summed E-state index contributed by atoms with van der Waals surface area (Å²) in [5.74, 6) is 1.39. The van der Waals surface area contributed by atoms with E-state index in [9.17, 15) is 0 Å². The fraction of sp³-hybridized carbons (Fsp3) is 0.0833. The van der Waals surface area contributed by atoms with E-state index in [4.69, 9.17) is 22.1 Å². The molecule has 17 heavy (non-hydrogen) atoms. The minimum atomic E-state index is 0.383. The quantitative estimate of drug-likeness (QED) is 0.939. The lowest BCUT2D eigenvalue weighted by atomic mass is 10.2. The van der Waals surface area contributed by atoms with Crippen LogP contribution in [0, 0.1) is 0 Å². The molecule has 0 aliphatic rings. The van der Waals surface area contributed by atoms with Gasteiger partial charge in [0.05, 0.1) is 4.47 Å². The Morgan fingerprint density at radius 2 is 2.12 bits per heavy atom. The van der Waals surface area contributed by atoms with Crippen LogP contribution in [0.3, 0.4) is 0 Å². The zero-order valence-corrected chi connectivity index (χ0v) is 11.2. The van der Waals surface area contributed by atoms with Gasteiger partial charge in [0, 0.05) is 29.5 Å². The summed E-state index contributed by atoms with van der Waals surface area (Å²) >= 11 is 9.26. The number of benzene rings is 1. The number of nitrogens with zero attached hydrogens (tertiary/aromatic N) is 1. The van der Waals surface area contributed by atoms with E-state index in [1.807, 2.05) is 0 Å². The molecule has 2 rings (SSSR count). The van der Waals surface area contributed by atoms with Crippen molar-refractivity contribution in [3.05, 3.63) is 51.7 Å². The van der Waals surface area contributed by atoms with E-state index in [-0.39, 0.29) is 0 Å². The Bertz CT molecular complexity index is 534. The van der Waals surface area contributed by atoms with Crippen molar-refractivity contribution in [3.8, 4) is 11.5 Å². The number of aromatic nitrogens is 1. The summed E-state index contributed by atoms with van der Waals surface area (Å²) in [6.07, 6.45) is 3.36. The maximum atomic E-state index is 5.86. The highest BCUT2D eigenvalue weighted by molar-refractivity contribution is 9.10. The lowest BCUT2D eigenvalue weighted by Gasteiger charge is -2.10. The molecular formula is C12H10BrClN2O. The van der Waals surface area contributed by atoms with Crippen molar-refractivity contribution in [1.29, 1.82) is 0 Å². The van der Waals surface area contributed by atoms with Crippen LogP contribution in [0.2, 0.25) is 5.02 Å². The summed E-state index contributed by atoms with van der Waals surface area (Å²) in [6, 6.07) is 7.13. The topological polar surface area (TPSA) is 48.1 Å². The third-order valence-electron chi connectivity index (χ3n) is 2.19. The molecule has 0 saturated heterocycles. The number of rotatable bonds is 3. The van der Waals surface area contributed by atoms with E-state index in [0.29, 0.717) is 23.1 Å². The first-order valence-corrected chi connectivity index (χ1v) is 6.13. The molecule has 2 aromatic rings. The highest BCUT2D eigenvalue weighted by atomic mass is 79.9.